The zero-order valence-electron chi connectivity index (χ0n) is 7.29. The van der Waals surface area contributed by atoms with Gasteiger partial charge in [0.05, 0.1) is 6.10 Å². The third kappa shape index (κ3) is 2.38. The zero-order chi connectivity index (χ0) is 9.26. The highest BCUT2D eigenvalue weighted by atomic mass is 79.9. The van der Waals surface area contributed by atoms with Crippen molar-refractivity contribution in [1.29, 1.82) is 0 Å². The van der Waals surface area contributed by atoms with Gasteiger partial charge in [0, 0.05) is 10.7 Å². The monoisotopic (exact) mass is 259 g/mol. The molecule has 0 bridgehead atoms. The molecule has 0 spiro atoms. The van der Waals surface area contributed by atoms with E-state index in [9.17, 15) is 0 Å². The average molecular weight is 260 g/mol. The molecule has 0 N–H and O–H groups in total. The quantitative estimate of drug-likeness (QED) is 0.779. The number of rotatable bonds is 3. The van der Waals surface area contributed by atoms with E-state index in [1.54, 1.807) is 18.0 Å². The van der Waals surface area contributed by atoms with Gasteiger partial charge in [0.15, 0.2) is 5.75 Å². The summed E-state index contributed by atoms with van der Waals surface area (Å²) >= 11 is 5.00. The zero-order valence-corrected chi connectivity index (χ0v) is 9.69. The van der Waals surface area contributed by atoms with Gasteiger partial charge in [0.2, 0.25) is 0 Å². The van der Waals surface area contributed by atoms with Crippen LogP contribution in [0, 0.1) is 0 Å². The molecule has 0 saturated heterocycles. The molecule has 0 amide bonds. The van der Waals surface area contributed by atoms with Crippen LogP contribution in [0.2, 0.25) is 0 Å². The van der Waals surface area contributed by atoms with Crippen molar-refractivity contribution < 1.29 is 4.74 Å². The van der Waals surface area contributed by atoms with Crippen LogP contribution in [0.15, 0.2) is 21.8 Å². The summed E-state index contributed by atoms with van der Waals surface area (Å²) in [6.45, 7) is 0. The summed E-state index contributed by atoms with van der Waals surface area (Å²) in [6.07, 6.45) is 6.60. The topological polar surface area (TPSA) is 22.1 Å². The number of thioether (sulfide) groups is 1. The summed E-state index contributed by atoms with van der Waals surface area (Å²) in [7, 11) is 0. The van der Waals surface area contributed by atoms with Crippen LogP contribution in [0.3, 0.4) is 0 Å². The van der Waals surface area contributed by atoms with Crippen molar-refractivity contribution in [3.05, 3.63) is 16.7 Å². The van der Waals surface area contributed by atoms with Gasteiger partial charge in [-0.25, -0.2) is 4.98 Å². The van der Waals surface area contributed by atoms with Crippen LogP contribution in [0.25, 0.3) is 0 Å². The highest BCUT2D eigenvalue weighted by Gasteiger charge is 2.24. The van der Waals surface area contributed by atoms with Crippen molar-refractivity contribution >= 4 is 27.7 Å². The van der Waals surface area contributed by atoms with Gasteiger partial charge < -0.3 is 4.74 Å². The van der Waals surface area contributed by atoms with Crippen molar-refractivity contribution in [2.75, 3.05) is 6.26 Å². The van der Waals surface area contributed by atoms with Gasteiger partial charge in [-0.3, -0.25) is 0 Å². The Morgan fingerprint density at radius 3 is 3.00 bits per heavy atom. The first kappa shape index (κ1) is 9.34. The number of hydrogen-bond acceptors (Lipinski definition) is 3. The molecule has 13 heavy (non-hydrogen) atoms. The maximum atomic E-state index is 5.71. The van der Waals surface area contributed by atoms with Crippen molar-refractivity contribution in [2.24, 2.45) is 0 Å². The van der Waals surface area contributed by atoms with Crippen molar-refractivity contribution in [2.45, 2.75) is 24.0 Å². The minimum atomic E-state index is 0.432. The minimum Gasteiger partial charge on any atom is -0.488 e. The summed E-state index contributed by atoms with van der Waals surface area (Å²) in [5, 5.41) is 0.968. The third-order valence-corrected chi connectivity index (χ3v) is 2.92. The Labute approximate surface area is 90.2 Å². The van der Waals surface area contributed by atoms with E-state index in [-0.39, 0.29) is 0 Å². The van der Waals surface area contributed by atoms with E-state index < -0.39 is 0 Å². The van der Waals surface area contributed by atoms with Crippen LogP contribution in [0.1, 0.15) is 12.8 Å². The lowest BCUT2D eigenvalue weighted by Gasteiger charge is -2.07. The lowest BCUT2D eigenvalue weighted by atomic mass is 10.4. The molecule has 1 saturated carbocycles. The number of nitrogens with zero attached hydrogens (tertiary/aromatic N) is 1. The summed E-state index contributed by atoms with van der Waals surface area (Å²) in [5.41, 5.74) is 0. The van der Waals surface area contributed by atoms with Crippen LogP contribution in [-0.2, 0) is 0 Å². The molecule has 1 aromatic rings. The number of hydrogen-bond donors (Lipinski definition) is 0. The molecular formula is C9H10BrNOS. The molecule has 2 rings (SSSR count). The summed E-state index contributed by atoms with van der Waals surface area (Å²) in [5.74, 6) is 0.907. The van der Waals surface area contributed by atoms with Crippen LogP contribution < -0.4 is 4.74 Å². The van der Waals surface area contributed by atoms with E-state index in [1.165, 1.54) is 12.8 Å². The highest BCUT2D eigenvalue weighted by molar-refractivity contribution is 9.10. The van der Waals surface area contributed by atoms with E-state index in [1.807, 2.05) is 12.3 Å². The first-order chi connectivity index (χ1) is 6.29. The smallest absolute Gasteiger partial charge is 0.153 e. The Kier molecular flexibility index (Phi) is 2.79. The van der Waals surface area contributed by atoms with E-state index in [0.29, 0.717) is 6.10 Å². The second-order valence-electron chi connectivity index (χ2n) is 2.98. The van der Waals surface area contributed by atoms with E-state index >= 15 is 0 Å². The number of halogens is 1. The molecule has 1 aliphatic carbocycles. The summed E-state index contributed by atoms with van der Waals surface area (Å²) in [4.78, 5) is 4.27. The number of aromatic nitrogens is 1. The number of pyridine rings is 1. The minimum absolute atomic E-state index is 0.432. The van der Waals surface area contributed by atoms with Gasteiger partial charge in [-0.1, -0.05) is 0 Å². The SMILES string of the molecule is CSc1ncc(Br)cc1OC1CC1. The lowest BCUT2D eigenvalue weighted by Crippen LogP contribution is -1.98. The molecule has 1 heterocycles. The molecule has 2 nitrogen and oxygen atoms in total. The van der Waals surface area contributed by atoms with Gasteiger partial charge in [-0.15, -0.1) is 11.8 Å². The Bertz CT molecular complexity index is 314. The van der Waals surface area contributed by atoms with Crippen LogP contribution >= 0.6 is 27.7 Å². The normalized spacial score (nSPS) is 15.8. The highest BCUT2D eigenvalue weighted by Crippen LogP contribution is 2.33. The van der Waals surface area contributed by atoms with Crippen LogP contribution in [-0.4, -0.2) is 17.3 Å². The molecule has 70 valence electrons. The summed E-state index contributed by atoms with van der Waals surface area (Å²) < 4.78 is 6.69. The second kappa shape index (κ2) is 3.88. The van der Waals surface area contributed by atoms with E-state index in [4.69, 9.17) is 4.74 Å². The van der Waals surface area contributed by atoms with Gasteiger partial charge in [-0.2, -0.15) is 0 Å². The average Bonchev–Trinajstić information content (AvgIpc) is 2.89. The maximum absolute atomic E-state index is 5.71. The molecular weight excluding hydrogens is 250 g/mol. The van der Waals surface area contributed by atoms with Gasteiger partial charge in [-0.05, 0) is 41.1 Å². The first-order valence-corrected chi connectivity index (χ1v) is 6.17. The first-order valence-electron chi connectivity index (χ1n) is 4.16. The summed E-state index contributed by atoms with van der Waals surface area (Å²) in [6, 6.07) is 1.98. The molecule has 0 radical (unpaired) electrons. The third-order valence-electron chi connectivity index (χ3n) is 1.80. The molecule has 0 atom stereocenters. The Balaban J connectivity index is 2.22. The molecule has 1 aliphatic rings. The second-order valence-corrected chi connectivity index (χ2v) is 4.69. The fourth-order valence-corrected chi connectivity index (χ4v) is 1.79. The predicted molar refractivity (Wildman–Crippen MR) is 57.4 cm³/mol. The molecule has 1 fully saturated rings. The van der Waals surface area contributed by atoms with Crippen LogP contribution in [0.5, 0.6) is 5.75 Å². The largest absolute Gasteiger partial charge is 0.488 e. The Morgan fingerprint density at radius 2 is 2.38 bits per heavy atom. The Hall–Kier alpha value is -0.220. The molecule has 4 heteroatoms. The Morgan fingerprint density at radius 1 is 1.62 bits per heavy atom. The van der Waals surface area contributed by atoms with E-state index in [2.05, 4.69) is 20.9 Å². The van der Waals surface area contributed by atoms with E-state index in [0.717, 1.165) is 15.2 Å². The van der Waals surface area contributed by atoms with Crippen LogP contribution in [0.4, 0.5) is 0 Å². The molecule has 1 aromatic heterocycles. The van der Waals surface area contributed by atoms with Crippen molar-refractivity contribution in [3.63, 3.8) is 0 Å². The molecule has 0 unspecified atom stereocenters. The molecule has 0 aromatic carbocycles. The predicted octanol–water partition coefficient (Wildman–Crippen LogP) is 3.11. The fourth-order valence-electron chi connectivity index (χ4n) is 1.01. The van der Waals surface area contributed by atoms with Gasteiger partial charge in [0.25, 0.3) is 0 Å². The van der Waals surface area contributed by atoms with Crippen molar-refractivity contribution in [1.82, 2.24) is 4.98 Å². The standard InChI is InChI=1S/C9H10BrNOS/c1-13-9-8(12-7-2-3-7)4-6(10)5-11-9/h4-5,7H,2-3H2,1H3. The van der Waals surface area contributed by atoms with Gasteiger partial charge in [0.1, 0.15) is 5.03 Å². The molecule has 0 aliphatic heterocycles. The fraction of sp³-hybridized carbons (Fsp3) is 0.444. The van der Waals surface area contributed by atoms with Gasteiger partial charge >= 0.3 is 0 Å². The maximum Gasteiger partial charge on any atom is 0.153 e. The van der Waals surface area contributed by atoms with Crippen molar-refractivity contribution in [3.8, 4) is 5.75 Å². The number of ether oxygens (including phenoxy) is 1. The lowest BCUT2D eigenvalue weighted by molar-refractivity contribution is 0.293.